The van der Waals surface area contributed by atoms with Crippen LogP contribution in [0.1, 0.15) is 22.5 Å². The zero-order valence-electron chi connectivity index (χ0n) is 17.2. The summed E-state index contributed by atoms with van der Waals surface area (Å²) in [6.07, 6.45) is 3.81. The monoisotopic (exact) mass is 417 g/mol. The number of likely N-dealkylation sites (tertiary alicyclic amines) is 2. The maximum Gasteiger partial charge on any atom is 0.254 e. The molecule has 2 atom stereocenters. The molecule has 6 heteroatoms. The molecule has 0 spiro atoms. The summed E-state index contributed by atoms with van der Waals surface area (Å²) in [6, 6.07) is 19.8. The van der Waals surface area contributed by atoms with E-state index in [9.17, 15) is 9.18 Å². The van der Waals surface area contributed by atoms with Crippen LogP contribution in [-0.4, -0.2) is 52.4 Å². The van der Waals surface area contributed by atoms with Crippen LogP contribution in [-0.2, 0) is 6.42 Å². The van der Waals surface area contributed by atoms with E-state index in [2.05, 4.69) is 16.0 Å². The van der Waals surface area contributed by atoms with Crippen LogP contribution in [0.5, 0.6) is 11.5 Å². The topological polar surface area (TPSA) is 45.7 Å². The molecule has 2 aliphatic heterocycles. The van der Waals surface area contributed by atoms with Crippen LogP contribution < -0.4 is 4.74 Å². The molecule has 0 N–H and O–H groups in total. The maximum atomic E-state index is 13.0. The molecule has 2 fully saturated rings. The Morgan fingerprint density at radius 1 is 0.968 bits per heavy atom. The highest BCUT2D eigenvalue weighted by molar-refractivity contribution is 5.95. The second-order valence-electron chi connectivity index (χ2n) is 8.15. The van der Waals surface area contributed by atoms with E-state index >= 15 is 0 Å². The first-order chi connectivity index (χ1) is 15.2. The number of amides is 1. The summed E-state index contributed by atoms with van der Waals surface area (Å²) in [5.41, 5.74) is 1.78. The number of hydrogen-bond donors (Lipinski definition) is 0. The molecule has 3 heterocycles. The quantitative estimate of drug-likeness (QED) is 0.604. The summed E-state index contributed by atoms with van der Waals surface area (Å²) in [7, 11) is 0. The molecule has 0 aliphatic carbocycles. The number of hydrogen-bond acceptors (Lipinski definition) is 4. The zero-order valence-corrected chi connectivity index (χ0v) is 17.2. The smallest absolute Gasteiger partial charge is 0.254 e. The highest BCUT2D eigenvalue weighted by atomic mass is 19.1. The molecule has 0 radical (unpaired) electrons. The second kappa shape index (κ2) is 8.47. The molecule has 0 saturated carbocycles. The number of benzene rings is 2. The van der Waals surface area contributed by atoms with Crippen molar-refractivity contribution in [1.29, 1.82) is 0 Å². The van der Waals surface area contributed by atoms with Gasteiger partial charge in [0.2, 0.25) is 0 Å². The van der Waals surface area contributed by atoms with Gasteiger partial charge in [-0.25, -0.2) is 4.39 Å². The summed E-state index contributed by atoms with van der Waals surface area (Å²) in [6.45, 7) is 2.68. The van der Waals surface area contributed by atoms with Crippen molar-refractivity contribution >= 4 is 5.91 Å². The van der Waals surface area contributed by atoms with E-state index in [4.69, 9.17) is 4.74 Å². The van der Waals surface area contributed by atoms with Crippen LogP contribution in [0, 0.1) is 5.82 Å². The maximum absolute atomic E-state index is 13.0. The average Bonchev–Trinajstić information content (AvgIpc) is 3.41. The predicted molar refractivity (Wildman–Crippen MR) is 116 cm³/mol. The number of piperazine rings is 1. The van der Waals surface area contributed by atoms with Gasteiger partial charge in [-0.2, -0.15) is 0 Å². The van der Waals surface area contributed by atoms with Gasteiger partial charge in [-0.15, -0.1) is 0 Å². The minimum atomic E-state index is -0.302. The summed E-state index contributed by atoms with van der Waals surface area (Å²) >= 11 is 0. The number of fused-ring (bicyclic) bond motifs is 2. The Labute approximate surface area is 181 Å². The Hall–Kier alpha value is -3.25. The largest absolute Gasteiger partial charge is 0.457 e. The lowest BCUT2D eigenvalue weighted by Crippen LogP contribution is -2.49. The van der Waals surface area contributed by atoms with E-state index in [0.29, 0.717) is 23.1 Å². The predicted octanol–water partition coefficient (Wildman–Crippen LogP) is 4.15. The SMILES string of the molecule is O=C(c1ccc(Oc2ccc(F)cc2)cc1)N1CC2CC1CN2CCc1ccccn1. The molecule has 158 valence electrons. The Morgan fingerprint density at radius 3 is 2.35 bits per heavy atom. The number of ether oxygens (including phenoxy) is 1. The first-order valence-corrected chi connectivity index (χ1v) is 10.6. The molecule has 5 rings (SSSR count). The van der Waals surface area contributed by atoms with Crippen molar-refractivity contribution in [1.82, 2.24) is 14.8 Å². The molecule has 3 aromatic rings. The van der Waals surface area contributed by atoms with Crippen molar-refractivity contribution < 1.29 is 13.9 Å². The Bertz CT molecular complexity index is 1040. The second-order valence-corrected chi connectivity index (χ2v) is 8.15. The number of halogens is 1. The van der Waals surface area contributed by atoms with Crippen LogP contribution >= 0.6 is 0 Å². The fourth-order valence-electron chi connectivity index (χ4n) is 4.55. The molecule has 1 amide bonds. The van der Waals surface area contributed by atoms with Crippen LogP contribution in [0.15, 0.2) is 72.9 Å². The number of carbonyl (C=O) groups excluding carboxylic acids is 1. The highest BCUT2D eigenvalue weighted by Crippen LogP contribution is 2.32. The summed E-state index contributed by atoms with van der Waals surface area (Å²) in [5.74, 6) is 0.948. The number of aromatic nitrogens is 1. The Kier molecular flexibility index (Phi) is 5.38. The molecule has 2 saturated heterocycles. The van der Waals surface area contributed by atoms with E-state index in [1.165, 1.54) is 12.1 Å². The number of rotatable bonds is 6. The van der Waals surface area contributed by atoms with Crippen molar-refractivity contribution in [3.8, 4) is 11.5 Å². The average molecular weight is 417 g/mol. The van der Waals surface area contributed by atoms with Crippen LogP contribution in [0.25, 0.3) is 0 Å². The molecule has 31 heavy (non-hydrogen) atoms. The highest BCUT2D eigenvalue weighted by Gasteiger charge is 2.44. The minimum Gasteiger partial charge on any atom is -0.457 e. The van der Waals surface area contributed by atoms with Gasteiger partial charge in [0.1, 0.15) is 17.3 Å². The van der Waals surface area contributed by atoms with Gasteiger partial charge in [0.25, 0.3) is 5.91 Å². The molecule has 5 nitrogen and oxygen atoms in total. The first-order valence-electron chi connectivity index (χ1n) is 10.6. The van der Waals surface area contributed by atoms with Crippen molar-refractivity contribution in [2.75, 3.05) is 19.6 Å². The summed E-state index contributed by atoms with van der Waals surface area (Å²) in [4.78, 5) is 21.9. The number of pyridine rings is 1. The molecule has 1 aromatic heterocycles. The Balaban J connectivity index is 1.17. The third-order valence-corrected chi connectivity index (χ3v) is 6.15. The van der Waals surface area contributed by atoms with Gasteiger partial charge in [0.05, 0.1) is 0 Å². The normalized spacial score (nSPS) is 20.2. The van der Waals surface area contributed by atoms with Gasteiger partial charge in [0, 0.05) is 55.6 Å². The van der Waals surface area contributed by atoms with E-state index in [1.54, 1.807) is 36.4 Å². The summed E-state index contributed by atoms with van der Waals surface area (Å²) < 4.78 is 18.7. The lowest BCUT2D eigenvalue weighted by molar-refractivity contribution is 0.0625. The number of carbonyl (C=O) groups is 1. The van der Waals surface area contributed by atoms with Crippen molar-refractivity contribution in [2.45, 2.75) is 24.9 Å². The summed E-state index contributed by atoms with van der Waals surface area (Å²) in [5, 5.41) is 0. The standard InChI is InChI=1S/C25H24FN3O2/c26-19-6-10-24(11-7-19)31-23-8-4-18(5-9-23)25(30)29-17-21-15-22(29)16-28(21)14-12-20-3-1-2-13-27-20/h1-11,13,21-22H,12,14-17H2. The lowest BCUT2D eigenvalue weighted by atomic mass is 10.1. The van der Waals surface area contributed by atoms with Crippen molar-refractivity contribution in [2.24, 2.45) is 0 Å². The van der Waals surface area contributed by atoms with Crippen molar-refractivity contribution in [3.05, 3.63) is 90.0 Å². The fraction of sp³-hybridized carbons (Fsp3) is 0.280. The van der Waals surface area contributed by atoms with Gasteiger partial charge < -0.3 is 9.64 Å². The molecular weight excluding hydrogens is 393 g/mol. The molecular formula is C25H24FN3O2. The zero-order chi connectivity index (χ0) is 21.2. The van der Waals surface area contributed by atoms with Crippen molar-refractivity contribution in [3.63, 3.8) is 0 Å². The van der Waals surface area contributed by atoms with Gasteiger partial charge in [-0.05, 0) is 67.1 Å². The fourth-order valence-corrected chi connectivity index (χ4v) is 4.55. The minimum absolute atomic E-state index is 0.0743. The molecule has 2 bridgehead atoms. The van der Waals surface area contributed by atoms with Gasteiger partial charge in [-0.3, -0.25) is 14.7 Å². The van der Waals surface area contributed by atoms with Crippen LogP contribution in [0.2, 0.25) is 0 Å². The van der Waals surface area contributed by atoms with Crippen LogP contribution in [0.3, 0.4) is 0 Å². The molecule has 2 unspecified atom stereocenters. The Morgan fingerprint density at radius 2 is 1.71 bits per heavy atom. The van der Waals surface area contributed by atoms with Gasteiger partial charge >= 0.3 is 0 Å². The van der Waals surface area contributed by atoms with E-state index in [-0.39, 0.29) is 17.8 Å². The molecule has 2 aliphatic rings. The third kappa shape index (κ3) is 4.30. The van der Waals surface area contributed by atoms with Gasteiger partial charge in [-0.1, -0.05) is 6.07 Å². The van der Waals surface area contributed by atoms with E-state index < -0.39 is 0 Å². The van der Waals surface area contributed by atoms with E-state index in [0.717, 1.165) is 38.2 Å². The molecule has 2 aromatic carbocycles. The lowest BCUT2D eigenvalue weighted by Gasteiger charge is -2.34. The number of nitrogens with zero attached hydrogens (tertiary/aromatic N) is 3. The van der Waals surface area contributed by atoms with E-state index in [1.807, 2.05) is 23.2 Å². The van der Waals surface area contributed by atoms with Crippen LogP contribution in [0.4, 0.5) is 4.39 Å². The van der Waals surface area contributed by atoms with Gasteiger partial charge in [0.15, 0.2) is 0 Å². The first kappa shape index (κ1) is 19.7. The third-order valence-electron chi connectivity index (χ3n) is 6.15.